The Morgan fingerprint density at radius 2 is 1.67 bits per heavy atom. The zero-order valence-electron chi connectivity index (χ0n) is 15.4. The van der Waals surface area contributed by atoms with Gasteiger partial charge in [-0.1, -0.05) is 54.6 Å². The number of carboxylic acid groups (broad SMARTS) is 1. The first-order valence-electron chi connectivity index (χ1n) is 9.77. The lowest BCUT2D eigenvalue weighted by molar-refractivity contribution is -0.151. The van der Waals surface area contributed by atoms with Gasteiger partial charge >= 0.3 is 5.97 Å². The third kappa shape index (κ3) is 3.69. The summed E-state index contributed by atoms with van der Waals surface area (Å²) in [7, 11) is 0. The topological polar surface area (TPSA) is 60.9 Å². The van der Waals surface area contributed by atoms with Crippen molar-refractivity contribution in [3.8, 4) is 0 Å². The maximum absolute atomic E-state index is 13.0. The fraction of sp³-hybridized carbons (Fsp3) is 0.455. The van der Waals surface area contributed by atoms with Crippen molar-refractivity contribution in [2.24, 2.45) is 23.7 Å². The van der Waals surface area contributed by atoms with E-state index in [0.717, 1.165) is 26.1 Å². The molecular weight excluding hydrogens is 340 g/mol. The second-order valence-corrected chi connectivity index (χ2v) is 7.78. The summed E-state index contributed by atoms with van der Waals surface area (Å²) in [5.74, 6) is -1.56. The first-order chi connectivity index (χ1) is 13.1. The molecule has 142 valence electrons. The highest BCUT2D eigenvalue weighted by Crippen LogP contribution is 2.48. The fourth-order valence-corrected chi connectivity index (χ4v) is 4.76. The van der Waals surface area contributed by atoms with Crippen LogP contribution in [0, 0.1) is 23.7 Å². The average molecular weight is 366 g/mol. The third-order valence-corrected chi connectivity index (χ3v) is 6.19. The Labute approximate surface area is 160 Å². The van der Waals surface area contributed by atoms with E-state index in [9.17, 15) is 14.7 Å². The number of carbonyl (C=O) groups is 2. The van der Waals surface area contributed by atoms with Gasteiger partial charge in [0.15, 0.2) is 0 Å². The third-order valence-electron chi connectivity index (χ3n) is 6.19. The normalized spacial score (nSPS) is 30.3. The minimum absolute atomic E-state index is 0.0332. The lowest BCUT2D eigenvalue weighted by Gasteiger charge is -2.37. The van der Waals surface area contributed by atoms with Crippen molar-refractivity contribution in [3.05, 3.63) is 54.1 Å². The molecule has 4 rings (SSSR count). The van der Waals surface area contributed by atoms with Crippen LogP contribution in [0.4, 0.5) is 0 Å². The number of rotatable bonds is 5. The van der Waals surface area contributed by atoms with Gasteiger partial charge in [-0.05, 0) is 23.8 Å². The molecule has 3 aliphatic rings. The van der Waals surface area contributed by atoms with E-state index in [4.69, 9.17) is 0 Å². The largest absolute Gasteiger partial charge is 0.481 e. The number of hydrogen-bond acceptors (Lipinski definition) is 3. The number of amides is 1. The molecule has 0 aromatic heterocycles. The average Bonchev–Trinajstić information content (AvgIpc) is 3.30. The Hall–Kier alpha value is -2.40. The van der Waals surface area contributed by atoms with Crippen LogP contribution in [0.15, 0.2) is 48.6 Å². The van der Waals surface area contributed by atoms with Crippen molar-refractivity contribution < 1.29 is 14.7 Å². The summed E-state index contributed by atoms with van der Waals surface area (Å²) in [5, 5.41) is 9.57. The van der Waals surface area contributed by atoms with Gasteiger partial charge in [0, 0.05) is 32.7 Å². The van der Waals surface area contributed by atoms with E-state index < -0.39 is 11.9 Å². The smallest absolute Gasteiger partial charge is 0.307 e. The zero-order valence-corrected chi connectivity index (χ0v) is 15.4. The van der Waals surface area contributed by atoms with E-state index in [2.05, 4.69) is 35.3 Å². The predicted molar refractivity (Wildman–Crippen MR) is 104 cm³/mol. The Morgan fingerprint density at radius 3 is 2.33 bits per heavy atom. The van der Waals surface area contributed by atoms with Crippen LogP contribution in [0.2, 0.25) is 0 Å². The van der Waals surface area contributed by atoms with Crippen LogP contribution in [0.25, 0.3) is 6.08 Å². The summed E-state index contributed by atoms with van der Waals surface area (Å²) in [6.07, 6.45) is 9.14. The van der Waals surface area contributed by atoms with Gasteiger partial charge in [0.2, 0.25) is 5.91 Å². The first-order valence-corrected chi connectivity index (χ1v) is 9.77. The van der Waals surface area contributed by atoms with Crippen LogP contribution in [0.3, 0.4) is 0 Å². The minimum atomic E-state index is -0.824. The van der Waals surface area contributed by atoms with Gasteiger partial charge in [-0.25, -0.2) is 0 Å². The van der Waals surface area contributed by atoms with Gasteiger partial charge in [-0.3, -0.25) is 14.5 Å². The number of allylic oxidation sites excluding steroid dienone is 2. The molecule has 1 amide bonds. The van der Waals surface area contributed by atoms with Crippen molar-refractivity contribution in [3.63, 3.8) is 0 Å². The second-order valence-electron chi connectivity index (χ2n) is 7.78. The van der Waals surface area contributed by atoms with E-state index in [0.29, 0.717) is 13.1 Å². The SMILES string of the molecule is O=C(O)C1C2C=CC(C2)C1C(=O)N1CCN(CC=Cc2ccccc2)CC1. The molecule has 4 atom stereocenters. The van der Waals surface area contributed by atoms with E-state index in [1.54, 1.807) is 0 Å². The van der Waals surface area contributed by atoms with Crippen LogP contribution in [0.5, 0.6) is 0 Å². The number of carbonyl (C=O) groups excluding carboxylic acids is 1. The molecule has 4 unspecified atom stereocenters. The van der Waals surface area contributed by atoms with E-state index in [1.807, 2.05) is 29.2 Å². The molecule has 2 aliphatic carbocycles. The van der Waals surface area contributed by atoms with E-state index >= 15 is 0 Å². The summed E-state index contributed by atoms with van der Waals surface area (Å²) in [5.41, 5.74) is 1.19. The zero-order chi connectivity index (χ0) is 18.8. The number of fused-ring (bicyclic) bond motifs is 2. The molecule has 1 aromatic carbocycles. The highest BCUT2D eigenvalue weighted by atomic mass is 16.4. The van der Waals surface area contributed by atoms with Gasteiger partial charge in [-0.2, -0.15) is 0 Å². The van der Waals surface area contributed by atoms with Crippen LogP contribution < -0.4 is 0 Å². The molecule has 5 nitrogen and oxygen atoms in total. The molecule has 1 aromatic rings. The summed E-state index contributed by atoms with van der Waals surface area (Å²) >= 11 is 0. The van der Waals surface area contributed by atoms with E-state index in [1.165, 1.54) is 5.56 Å². The highest BCUT2D eigenvalue weighted by molar-refractivity contribution is 5.87. The Balaban J connectivity index is 1.30. The fourth-order valence-electron chi connectivity index (χ4n) is 4.76. The van der Waals surface area contributed by atoms with Gasteiger partial charge in [0.25, 0.3) is 0 Å². The number of benzene rings is 1. The standard InChI is InChI=1S/C22H26N2O3/c25-21(19-17-8-9-18(15-17)20(19)22(26)27)24-13-11-23(12-14-24)10-4-7-16-5-2-1-3-6-16/h1-9,17-20H,10-15H2,(H,26,27). The van der Waals surface area contributed by atoms with Gasteiger partial charge in [0.1, 0.15) is 0 Å². The summed E-state index contributed by atoms with van der Waals surface area (Å²) in [6.45, 7) is 3.90. The Kier molecular flexibility index (Phi) is 5.12. The monoisotopic (exact) mass is 366 g/mol. The lowest BCUT2D eigenvalue weighted by atomic mass is 9.82. The van der Waals surface area contributed by atoms with Crippen molar-refractivity contribution in [2.45, 2.75) is 6.42 Å². The second kappa shape index (κ2) is 7.69. The van der Waals surface area contributed by atoms with E-state index in [-0.39, 0.29) is 23.7 Å². The Bertz CT molecular complexity index is 750. The number of hydrogen-bond donors (Lipinski definition) is 1. The molecular formula is C22H26N2O3. The van der Waals surface area contributed by atoms with Crippen LogP contribution in [-0.2, 0) is 9.59 Å². The van der Waals surface area contributed by atoms with Crippen LogP contribution in [0.1, 0.15) is 12.0 Å². The summed E-state index contributed by atoms with van der Waals surface area (Å²) < 4.78 is 0. The van der Waals surface area contributed by atoms with Crippen molar-refractivity contribution >= 4 is 18.0 Å². The molecule has 1 aliphatic heterocycles. The number of carboxylic acids is 1. The summed E-state index contributed by atoms with van der Waals surface area (Å²) in [6, 6.07) is 10.2. The number of piperazine rings is 1. The van der Waals surface area contributed by atoms with Crippen molar-refractivity contribution in [2.75, 3.05) is 32.7 Å². The lowest BCUT2D eigenvalue weighted by Crippen LogP contribution is -2.52. The molecule has 2 bridgehead atoms. The van der Waals surface area contributed by atoms with Crippen LogP contribution >= 0.6 is 0 Å². The van der Waals surface area contributed by atoms with Gasteiger partial charge < -0.3 is 10.0 Å². The molecule has 5 heteroatoms. The summed E-state index contributed by atoms with van der Waals surface area (Å²) in [4.78, 5) is 28.9. The molecule has 1 saturated heterocycles. The number of aliphatic carboxylic acids is 1. The predicted octanol–water partition coefficient (Wildman–Crippen LogP) is 2.37. The van der Waals surface area contributed by atoms with Gasteiger partial charge in [0.05, 0.1) is 11.8 Å². The quantitative estimate of drug-likeness (QED) is 0.813. The van der Waals surface area contributed by atoms with Crippen molar-refractivity contribution in [1.82, 2.24) is 9.80 Å². The maximum Gasteiger partial charge on any atom is 0.307 e. The van der Waals surface area contributed by atoms with Crippen molar-refractivity contribution in [1.29, 1.82) is 0 Å². The minimum Gasteiger partial charge on any atom is -0.481 e. The molecule has 0 radical (unpaired) electrons. The molecule has 27 heavy (non-hydrogen) atoms. The molecule has 1 saturated carbocycles. The Morgan fingerprint density at radius 1 is 1.00 bits per heavy atom. The van der Waals surface area contributed by atoms with Gasteiger partial charge in [-0.15, -0.1) is 0 Å². The maximum atomic E-state index is 13.0. The molecule has 1 N–H and O–H groups in total. The molecule has 1 heterocycles. The first kappa shape index (κ1) is 18.0. The highest BCUT2D eigenvalue weighted by Gasteiger charge is 2.52. The molecule has 0 spiro atoms. The molecule has 2 fully saturated rings. The number of nitrogens with zero attached hydrogens (tertiary/aromatic N) is 2. The van der Waals surface area contributed by atoms with Crippen LogP contribution in [-0.4, -0.2) is 59.5 Å².